The van der Waals surface area contributed by atoms with Crippen molar-refractivity contribution in [2.24, 2.45) is 0 Å². The fraction of sp³-hybridized carbons (Fsp3) is 0.176. The molecule has 2 N–H and O–H groups in total. The van der Waals surface area contributed by atoms with Crippen LogP contribution in [0.3, 0.4) is 0 Å². The molecule has 0 heterocycles. The van der Waals surface area contributed by atoms with Crippen LogP contribution in [0, 0.1) is 11.3 Å². The number of nitrogens with zero attached hydrogens (tertiary/aromatic N) is 1. The van der Waals surface area contributed by atoms with Gasteiger partial charge in [-0.2, -0.15) is 5.26 Å². The molecule has 118 valence electrons. The summed E-state index contributed by atoms with van der Waals surface area (Å²) in [7, 11) is 1.61. The Labute approximate surface area is 134 Å². The van der Waals surface area contributed by atoms with Crippen molar-refractivity contribution in [3.05, 3.63) is 54.1 Å². The number of hydrogen-bond acceptors (Lipinski definition) is 4. The maximum Gasteiger partial charge on any atom is 0.323 e. The summed E-state index contributed by atoms with van der Waals surface area (Å²) in [6.07, 6.45) is 0. The van der Waals surface area contributed by atoms with Crippen molar-refractivity contribution in [1.29, 1.82) is 5.26 Å². The molecule has 2 amide bonds. The molecule has 2 rings (SSSR count). The van der Waals surface area contributed by atoms with E-state index in [9.17, 15) is 4.79 Å². The third kappa shape index (κ3) is 5.34. The van der Waals surface area contributed by atoms with Crippen LogP contribution in [0.2, 0.25) is 0 Å². The number of amides is 2. The Kier molecular flexibility index (Phi) is 5.98. The van der Waals surface area contributed by atoms with Gasteiger partial charge in [0.05, 0.1) is 18.2 Å². The molecule has 2 aromatic carbocycles. The van der Waals surface area contributed by atoms with Crippen LogP contribution in [0.1, 0.15) is 5.56 Å². The number of benzene rings is 2. The zero-order valence-electron chi connectivity index (χ0n) is 12.7. The van der Waals surface area contributed by atoms with E-state index < -0.39 is 0 Å². The fourth-order valence-corrected chi connectivity index (χ4v) is 1.83. The second-order valence-electron chi connectivity index (χ2n) is 4.64. The minimum Gasteiger partial charge on any atom is -0.491 e. The van der Waals surface area contributed by atoms with E-state index in [0.29, 0.717) is 35.9 Å². The van der Waals surface area contributed by atoms with Gasteiger partial charge in [-0.15, -0.1) is 0 Å². The largest absolute Gasteiger partial charge is 0.491 e. The monoisotopic (exact) mass is 311 g/mol. The molecule has 0 atom stereocenters. The van der Waals surface area contributed by atoms with Crippen LogP contribution in [0.25, 0.3) is 0 Å². The highest BCUT2D eigenvalue weighted by atomic mass is 16.5. The van der Waals surface area contributed by atoms with Crippen LogP contribution < -0.4 is 15.4 Å². The molecule has 23 heavy (non-hydrogen) atoms. The highest BCUT2D eigenvalue weighted by molar-refractivity contribution is 5.99. The normalized spacial score (nSPS) is 9.74. The molecule has 0 aliphatic heterocycles. The second kappa shape index (κ2) is 8.41. The van der Waals surface area contributed by atoms with Gasteiger partial charge in [-0.05, 0) is 36.4 Å². The van der Waals surface area contributed by atoms with E-state index in [2.05, 4.69) is 10.6 Å². The second-order valence-corrected chi connectivity index (χ2v) is 4.64. The molecule has 0 radical (unpaired) electrons. The molecule has 0 aliphatic rings. The zero-order chi connectivity index (χ0) is 16.5. The van der Waals surface area contributed by atoms with Crippen molar-refractivity contribution in [1.82, 2.24) is 0 Å². The highest BCUT2D eigenvalue weighted by Crippen LogP contribution is 2.18. The Morgan fingerprint density at radius 1 is 1.09 bits per heavy atom. The van der Waals surface area contributed by atoms with Crippen LogP contribution in [0.4, 0.5) is 16.2 Å². The number of methoxy groups -OCH3 is 1. The molecular weight excluding hydrogens is 294 g/mol. The summed E-state index contributed by atoms with van der Waals surface area (Å²) in [6.45, 7) is 0.939. The molecule has 0 bridgehead atoms. The van der Waals surface area contributed by atoms with Crippen molar-refractivity contribution in [3.8, 4) is 11.8 Å². The van der Waals surface area contributed by atoms with Crippen molar-refractivity contribution in [2.45, 2.75) is 0 Å². The van der Waals surface area contributed by atoms with E-state index in [0.717, 1.165) is 0 Å². The molecule has 0 saturated carbocycles. The van der Waals surface area contributed by atoms with E-state index >= 15 is 0 Å². The number of nitriles is 1. The number of hydrogen-bond donors (Lipinski definition) is 2. The molecule has 0 aromatic heterocycles. The smallest absolute Gasteiger partial charge is 0.323 e. The molecule has 0 saturated heterocycles. The Morgan fingerprint density at radius 3 is 2.52 bits per heavy atom. The number of carbonyl (C=O) groups is 1. The van der Waals surface area contributed by atoms with Gasteiger partial charge in [0.2, 0.25) is 0 Å². The topological polar surface area (TPSA) is 83.4 Å². The maximum absolute atomic E-state index is 12.0. The van der Waals surface area contributed by atoms with Gasteiger partial charge >= 0.3 is 6.03 Å². The average molecular weight is 311 g/mol. The molecule has 0 spiro atoms. The third-order valence-electron chi connectivity index (χ3n) is 2.92. The van der Waals surface area contributed by atoms with Crippen molar-refractivity contribution < 1.29 is 14.3 Å². The fourth-order valence-electron chi connectivity index (χ4n) is 1.83. The van der Waals surface area contributed by atoms with Crippen molar-refractivity contribution in [2.75, 3.05) is 31.0 Å². The number of anilines is 2. The number of carbonyl (C=O) groups excluding carboxylic acids is 1. The van der Waals surface area contributed by atoms with Gasteiger partial charge in [0, 0.05) is 24.6 Å². The summed E-state index contributed by atoms with van der Waals surface area (Å²) in [5.41, 5.74) is 1.76. The number of ether oxygens (including phenoxy) is 2. The summed E-state index contributed by atoms with van der Waals surface area (Å²) >= 11 is 0. The van der Waals surface area contributed by atoms with Gasteiger partial charge in [-0.25, -0.2) is 4.79 Å². The molecule has 6 nitrogen and oxygen atoms in total. The zero-order valence-corrected chi connectivity index (χ0v) is 12.7. The average Bonchev–Trinajstić information content (AvgIpc) is 2.56. The Hall–Kier alpha value is -3.04. The summed E-state index contributed by atoms with van der Waals surface area (Å²) in [5.74, 6) is 0.651. The van der Waals surface area contributed by atoms with Gasteiger partial charge in [-0.3, -0.25) is 0 Å². The first-order chi connectivity index (χ1) is 11.2. The lowest BCUT2D eigenvalue weighted by atomic mass is 10.2. The van der Waals surface area contributed by atoms with E-state index in [1.165, 1.54) is 0 Å². The summed E-state index contributed by atoms with van der Waals surface area (Å²) in [6, 6.07) is 15.4. The lowest BCUT2D eigenvalue weighted by Gasteiger charge is -2.10. The van der Waals surface area contributed by atoms with Crippen LogP contribution in [0.15, 0.2) is 48.5 Å². The molecule has 0 aliphatic carbocycles. The SMILES string of the molecule is COCCOc1cccc(NC(=O)Nc2ccc(C#N)cc2)c1. The minimum atomic E-state index is -0.372. The van der Waals surface area contributed by atoms with Crippen molar-refractivity contribution >= 4 is 17.4 Å². The lowest BCUT2D eigenvalue weighted by Crippen LogP contribution is -2.19. The molecule has 6 heteroatoms. The van der Waals surface area contributed by atoms with Gasteiger partial charge < -0.3 is 20.1 Å². The summed E-state index contributed by atoms with van der Waals surface area (Å²) in [5, 5.41) is 14.2. The lowest BCUT2D eigenvalue weighted by molar-refractivity contribution is 0.146. The Morgan fingerprint density at radius 2 is 1.83 bits per heavy atom. The number of urea groups is 1. The van der Waals surface area contributed by atoms with E-state index in [-0.39, 0.29) is 6.03 Å². The third-order valence-corrected chi connectivity index (χ3v) is 2.92. The number of nitrogens with one attached hydrogen (secondary N) is 2. The van der Waals surface area contributed by atoms with E-state index in [4.69, 9.17) is 14.7 Å². The first-order valence-corrected chi connectivity index (χ1v) is 7.01. The predicted octanol–water partition coefficient (Wildman–Crippen LogP) is 3.23. The number of rotatable bonds is 6. The molecule has 2 aromatic rings. The van der Waals surface area contributed by atoms with Crippen LogP contribution >= 0.6 is 0 Å². The quantitative estimate of drug-likeness (QED) is 0.802. The Balaban J connectivity index is 1.91. The van der Waals surface area contributed by atoms with Crippen LogP contribution in [0.5, 0.6) is 5.75 Å². The molecular formula is C17H17N3O3. The minimum absolute atomic E-state index is 0.372. The summed E-state index contributed by atoms with van der Waals surface area (Å²) in [4.78, 5) is 12.0. The first-order valence-electron chi connectivity index (χ1n) is 7.01. The van der Waals surface area contributed by atoms with Gasteiger partial charge in [0.25, 0.3) is 0 Å². The highest BCUT2D eigenvalue weighted by Gasteiger charge is 2.04. The molecule has 0 unspecified atom stereocenters. The van der Waals surface area contributed by atoms with Crippen LogP contribution in [-0.4, -0.2) is 26.4 Å². The van der Waals surface area contributed by atoms with Crippen molar-refractivity contribution in [3.63, 3.8) is 0 Å². The van der Waals surface area contributed by atoms with E-state index in [1.807, 2.05) is 6.07 Å². The predicted molar refractivity (Wildman–Crippen MR) is 87.6 cm³/mol. The Bertz CT molecular complexity index is 693. The maximum atomic E-state index is 12.0. The molecule has 0 fully saturated rings. The van der Waals surface area contributed by atoms with Crippen LogP contribution in [-0.2, 0) is 4.74 Å². The van der Waals surface area contributed by atoms with Gasteiger partial charge in [0.1, 0.15) is 12.4 Å². The first kappa shape index (κ1) is 16.3. The van der Waals surface area contributed by atoms with Gasteiger partial charge in [-0.1, -0.05) is 6.07 Å². The summed E-state index contributed by atoms with van der Waals surface area (Å²) < 4.78 is 10.4. The standard InChI is InChI=1S/C17H17N3O3/c1-22-9-10-23-16-4-2-3-15(11-16)20-17(21)19-14-7-5-13(12-18)6-8-14/h2-8,11H,9-10H2,1H3,(H2,19,20,21). The van der Waals surface area contributed by atoms with Gasteiger partial charge in [0.15, 0.2) is 0 Å². The van der Waals surface area contributed by atoms with E-state index in [1.54, 1.807) is 55.6 Å².